The highest BCUT2D eigenvalue weighted by Gasteiger charge is 2.41. The number of carbonyl (C=O) groups is 2. The van der Waals surface area contributed by atoms with Crippen LogP contribution in [0.1, 0.15) is 33.6 Å². The van der Waals surface area contributed by atoms with Gasteiger partial charge in [0, 0.05) is 11.7 Å². The molecule has 19 heavy (non-hydrogen) atoms. The average Bonchev–Trinajstić information content (AvgIpc) is 2.64. The van der Waals surface area contributed by atoms with Crippen LogP contribution in [0.15, 0.2) is 18.2 Å². The van der Waals surface area contributed by atoms with Crippen LogP contribution in [0.4, 0.5) is 5.69 Å². The number of anilines is 1. The van der Waals surface area contributed by atoms with E-state index in [1.165, 1.54) is 4.90 Å². The van der Waals surface area contributed by atoms with E-state index in [-0.39, 0.29) is 30.3 Å². The first-order valence-corrected chi connectivity index (χ1v) is 6.17. The van der Waals surface area contributed by atoms with E-state index >= 15 is 0 Å². The van der Waals surface area contributed by atoms with E-state index in [1.54, 1.807) is 18.2 Å². The van der Waals surface area contributed by atoms with Crippen LogP contribution in [0.2, 0.25) is 0 Å². The van der Waals surface area contributed by atoms with Crippen LogP contribution in [-0.4, -0.2) is 35.8 Å². The summed E-state index contributed by atoms with van der Waals surface area (Å²) in [5.41, 5.74) is 7.01. The van der Waals surface area contributed by atoms with Gasteiger partial charge in [0.25, 0.3) is 11.8 Å². The zero-order chi connectivity index (χ0) is 12.7. The maximum atomic E-state index is 12.3. The minimum absolute atomic E-state index is 0. The number of nitrogens with zero attached hydrogens (tertiary/aromatic N) is 1. The quantitative estimate of drug-likeness (QED) is 0.596. The molecule has 2 aliphatic heterocycles. The minimum Gasteiger partial charge on any atom is -0.398 e. The fraction of sp³-hybridized carbons (Fsp3) is 0.385. The number of hydrogen-bond acceptors (Lipinski definition) is 4. The summed E-state index contributed by atoms with van der Waals surface area (Å²) in [6.07, 6.45) is 1.62. The molecule has 0 aromatic heterocycles. The Morgan fingerprint density at radius 1 is 1.16 bits per heavy atom. The highest BCUT2D eigenvalue weighted by Crippen LogP contribution is 2.30. The Morgan fingerprint density at radius 3 is 2.47 bits per heavy atom. The van der Waals surface area contributed by atoms with Gasteiger partial charge in [0.1, 0.15) is 0 Å². The van der Waals surface area contributed by atoms with Crippen LogP contribution in [-0.2, 0) is 0 Å². The van der Waals surface area contributed by atoms with Crippen LogP contribution in [0.25, 0.3) is 0 Å². The van der Waals surface area contributed by atoms with Crippen molar-refractivity contribution in [3.8, 4) is 0 Å². The van der Waals surface area contributed by atoms with Crippen molar-refractivity contribution in [1.29, 1.82) is 0 Å². The number of carbonyl (C=O) groups excluding carboxylic acids is 2. The SMILES string of the molecule is Cl.Nc1cccc2c1C(=O)N(C1CCNCC1)C2=O. The molecule has 0 atom stereocenters. The van der Waals surface area contributed by atoms with Crippen molar-refractivity contribution in [2.75, 3.05) is 18.8 Å². The molecule has 102 valence electrons. The van der Waals surface area contributed by atoms with Gasteiger partial charge in [-0.2, -0.15) is 0 Å². The summed E-state index contributed by atoms with van der Waals surface area (Å²) in [5, 5.41) is 3.23. The van der Waals surface area contributed by atoms with Crippen LogP contribution < -0.4 is 11.1 Å². The van der Waals surface area contributed by atoms with Gasteiger partial charge in [-0.1, -0.05) is 6.07 Å². The van der Waals surface area contributed by atoms with Crippen molar-refractivity contribution in [3.05, 3.63) is 29.3 Å². The van der Waals surface area contributed by atoms with Gasteiger partial charge in [0.2, 0.25) is 0 Å². The maximum Gasteiger partial charge on any atom is 0.263 e. The van der Waals surface area contributed by atoms with Crippen molar-refractivity contribution in [1.82, 2.24) is 10.2 Å². The molecule has 3 rings (SSSR count). The number of nitrogens with one attached hydrogen (secondary N) is 1. The van der Waals surface area contributed by atoms with Crippen molar-refractivity contribution >= 4 is 29.9 Å². The molecular formula is C13H16ClN3O2. The average molecular weight is 282 g/mol. The number of hydrogen-bond donors (Lipinski definition) is 2. The molecule has 1 aromatic carbocycles. The Labute approximate surface area is 117 Å². The van der Waals surface area contributed by atoms with Crippen molar-refractivity contribution in [3.63, 3.8) is 0 Å². The first kappa shape index (κ1) is 13.8. The third kappa shape index (κ3) is 2.09. The van der Waals surface area contributed by atoms with Crippen LogP contribution in [0.5, 0.6) is 0 Å². The van der Waals surface area contributed by atoms with Gasteiger partial charge < -0.3 is 11.1 Å². The lowest BCUT2D eigenvalue weighted by molar-refractivity contribution is 0.0556. The maximum absolute atomic E-state index is 12.3. The molecule has 0 spiro atoms. The van der Waals surface area contributed by atoms with Crippen LogP contribution in [0, 0.1) is 0 Å². The Hall–Kier alpha value is -1.59. The molecule has 0 saturated carbocycles. The summed E-state index contributed by atoms with van der Waals surface area (Å²) in [7, 11) is 0. The molecule has 0 radical (unpaired) electrons. The molecule has 0 aliphatic carbocycles. The van der Waals surface area contributed by atoms with E-state index in [0.29, 0.717) is 16.8 Å². The van der Waals surface area contributed by atoms with Crippen LogP contribution in [0.3, 0.4) is 0 Å². The number of nitrogens with two attached hydrogens (primary N) is 1. The first-order chi connectivity index (χ1) is 8.70. The molecule has 1 saturated heterocycles. The minimum atomic E-state index is -0.236. The summed E-state index contributed by atoms with van der Waals surface area (Å²) >= 11 is 0. The molecule has 3 N–H and O–H groups in total. The van der Waals surface area contributed by atoms with Gasteiger partial charge in [0.05, 0.1) is 11.1 Å². The molecule has 0 unspecified atom stereocenters. The fourth-order valence-corrected chi connectivity index (χ4v) is 2.73. The van der Waals surface area contributed by atoms with E-state index in [0.717, 1.165) is 25.9 Å². The standard InChI is InChI=1S/C13H15N3O2.ClH/c14-10-3-1-2-9-11(10)13(18)16(12(9)17)8-4-6-15-7-5-8;/h1-3,8,15H,4-7,14H2;1H. The number of halogens is 1. The zero-order valence-corrected chi connectivity index (χ0v) is 11.2. The Kier molecular flexibility index (Phi) is 3.78. The fourth-order valence-electron chi connectivity index (χ4n) is 2.73. The summed E-state index contributed by atoms with van der Waals surface area (Å²) in [4.78, 5) is 26.0. The van der Waals surface area contributed by atoms with E-state index in [1.807, 2.05) is 0 Å². The van der Waals surface area contributed by atoms with Crippen molar-refractivity contribution < 1.29 is 9.59 Å². The molecule has 5 nitrogen and oxygen atoms in total. The lowest BCUT2D eigenvalue weighted by atomic mass is 10.1. The van der Waals surface area contributed by atoms with Gasteiger partial charge >= 0.3 is 0 Å². The molecular weight excluding hydrogens is 266 g/mol. The van der Waals surface area contributed by atoms with Gasteiger partial charge in [-0.05, 0) is 38.1 Å². The number of imide groups is 1. The molecule has 2 heterocycles. The molecule has 6 heteroatoms. The summed E-state index contributed by atoms with van der Waals surface area (Å²) in [6.45, 7) is 1.68. The van der Waals surface area contributed by atoms with Gasteiger partial charge in [-0.3, -0.25) is 14.5 Å². The molecule has 1 fully saturated rings. The number of amides is 2. The second-order valence-electron chi connectivity index (χ2n) is 4.73. The highest BCUT2D eigenvalue weighted by atomic mass is 35.5. The predicted octanol–water partition coefficient (Wildman–Crippen LogP) is 1.04. The van der Waals surface area contributed by atoms with E-state index in [4.69, 9.17) is 5.73 Å². The van der Waals surface area contributed by atoms with Crippen LogP contribution >= 0.6 is 12.4 Å². The predicted molar refractivity (Wildman–Crippen MR) is 74.5 cm³/mol. The molecule has 1 aromatic rings. The number of rotatable bonds is 1. The van der Waals surface area contributed by atoms with Gasteiger partial charge in [0.15, 0.2) is 0 Å². The third-order valence-electron chi connectivity index (χ3n) is 3.65. The summed E-state index contributed by atoms with van der Waals surface area (Å²) in [5.74, 6) is -0.436. The first-order valence-electron chi connectivity index (χ1n) is 6.17. The molecule has 2 amide bonds. The van der Waals surface area contributed by atoms with E-state index < -0.39 is 0 Å². The van der Waals surface area contributed by atoms with E-state index in [2.05, 4.69) is 5.32 Å². The molecule has 2 aliphatic rings. The van der Waals surface area contributed by atoms with E-state index in [9.17, 15) is 9.59 Å². The smallest absolute Gasteiger partial charge is 0.263 e. The number of benzene rings is 1. The summed E-state index contributed by atoms with van der Waals surface area (Å²) < 4.78 is 0. The number of piperidine rings is 1. The zero-order valence-electron chi connectivity index (χ0n) is 10.4. The van der Waals surface area contributed by atoms with Gasteiger partial charge in [-0.25, -0.2) is 0 Å². The normalized spacial score (nSPS) is 19.3. The largest absolute Gasteiger partial charge is 0.398 e. The second kappa shape index (κ2) is 5.19. The summed E-state index contributed by atoms with van der Waals surface area (Å²) in [6, 6.07) is 5.05. The second-order valence-corrected chi connectivity index (χ2v) is 4.73. The van der Waals surface area contributed by atoms with Gasteiger partial charge in [-0.15, -0.1) is 12.4 Å². The Bertz CT molecular complexity index is 527. The lowest BCUT2D eigenvalue weighted by Gasteiger charge is -2.29. The lowest BCUT2D eigenvalue weighted by Crippen LogP contribution is -2.45. The number of nitrogen functional groups attached to an aromatic ring is 1. The number of fused-ring (bicyclic) bond motifs is 1. The van der Waals surface area contributed by atoms with Crippen molar-refractivity contribution in [2.24, 2.45) is 0 Å². The monoisotopic (exact) mass is 281 g/mol. The third-order valence-corrected chi connectivity index (χ3v) is 3.65. The highest BCUT2D eigenvalue weighted by molar-refractivity contribution is 6.23. The topological polar surface area (TPSA) is 75.4 Å². The molecule has 0 bridgehead atoms. The van der Waals surface area contributed by atoms with Crippen molar-refractivity contribution in [2.45, 2.75) is 18.9 Å². The Morgan fingerprint density at radius 2 is 1.84 bits per heavy atom. The Balaban J connectivity index is 0.00000133.